The van der Waals surface area contributed by atoms with Gasteiger partial charge in [0, 0.05) is 29.5 Å². The molecule has 0 radical (unpaired) electrons. The van der Waals surface area contributed by atoms with Gasteiger partial charge in [0.25, 0.3) is 0 Å². The van der Waals surface area contributed by atoms with E-state index in [1.54, 1.807) is 0 Å². The summed E-state index contributed by atoms with van der Waals surface area (Å²) in [5.41, 5.74) is 6.98. The van der Waals surface area contributed by atoms with Gasteiger partial charge in [-0.1, -0.05) is 31.4 Å². The second kappa shape index (κ2) is 6.73. The van der Waals surface area contributed by atoms with E-state index in [-0.39, 0.29) is 0 Å². The number of rotatable bonds is 2. The van der Waals surface area contributed by atoms with E-state index in [4.69, 9.17) is 4.42 Å². The van der Waals surface area contributed by atoms with Gasteiger partial charge >= 0.3 is 0 Å². The molecular weight excluding hydrogens is 344 g/mol. The maximum Gasteiger partial charge on any atom is 0.227 e. The fraction of sp³-hybridized carbons (Fsp3) is 0.360. The van der Waals surface area contributed by atoms with Crippen LogP contribution in [0.5, 0.6) is 0 Å². The molecule has 1 fully saturated rings. The van der Waals surface area contributed by atoms with Gasteiger partial charge in [0.1, 0.15) is 7.05 Å². The van der Waals surface area contributed by atoms with Crippen molar-refractivity contribution in [1.82, 2.24) is 4.98 Å². The molecule has 3 aromatic heterocycles. The van der Waals surface area contributed by atoms with Gasteiger partial charge in [0.05, 0.1) is 5.56 Å². The molecule has 0 N–H and O–H groups in total. The number of benzene rings is 1. The van der Waals surface area contributed by atoms with Crippen LogP contribution in [0.4, 0.5) is 0 Å². The van der Waals surface area contributed by atoms with Crippen molar-refractivity contribution in [2.24, 2.45) is 7.05 Å². The monoisotopic (exact) mass is 372 g/mol. The molecule has 4 aromatic rings. The SMILES string of the molecule is [2H]C1(c2ccc[n+](C)c2-c2c(C)ccc3c2oc2nc(C)ccc23)CCCCC1. The van der Waals surface area contributed by atoms with Crippen molar-refractivity contribution < 1.29 is 10.4 Å². The summed E-state index contributed by atoms with van der Waals surface area (Å²) in [5, 5.41) is 2.14. The minimum absolute atomic E-state index is 0.540. The topological polar surface area (TPSA) is 29.9 Å². The number of fused-ring (bicyclic) bond motifs is 3. The highest BCUT2D eigenvalue weighted by molar-refractivity contribution is 6.09. The highest BCUT2D eigenvalue weighted by Gasteiger charge is 2.28. The summed E-state index contributed by atoms with van der Waals surface area (Å²) in [7, 11) is 2.08. The Morgan fingerprint density at radius 3 is 2.64 bits per heavy atom. The molecular formula is C25H27N2O+. The molecule has 1 aliphatic rings. The Balaban J connectivity index is 1.85. The number of hydrogen-bond donors (Lipinski definition) is 0. The smallest absolute Gasteiger partial charge is 0.227 e. The number of nitrogens with zero attached hydrogens (tertiary/aromatic N) is 2. The van der Waals surface area contributed by atoms with Crippen LogP contribution in [-0.2, 0) is 7.05 Å². The van der Waals surface area contributed by atoms with Crippen molar-refractivity contribution in [3.63, 3.8) is 0 Å². The predicted octanol–water partition coefficient (Wildman–Crippen LogP) is 6.14. The van der Waals surface area contributed by atoms with Crippen LogP contribution in [0, 0.1) is 13.8 Å². The molecule has 1 saturated carbocycles. The van der Waals surface area contributed by atoms with E-state index >= 15 is 0 Å². The highest BCUT2D eigenvalue weighted by atomic mass is 16.3. The van der Waals surface area contributed by atoms with Crippen LogP contribution in [0.25, 0.3) is 33.3 Å². The van der Waals surface area contributed by atoms with E-state index in [1.165, 1.54) is 6.42 Å². The summed E-state index contributed by atoms with van der Waals surface area (Å²) in [6.45, 7) is 4.12. The third kappa shape index (κ3) is 2.72. The lowest BCUT2D eigenvalue weighted by Gasteiger charge is -2.23. The highest BCUT2D eigenvalue weighted by Crippen LogP contribution is 2.41. The first kappa shape index (κ1) is 16.3. The lowest BCUT2D eigenvalue weighted by atomic mass is 9.81. The van der Waals surface area contributed by atoms with Crippen molar-refractivity contribution in [3.8, 4) is 11.3 Å². The van der Waals surface area contributed by atoms with Crippen LogP contribution in [-0.4, -0.2) is 4.98 Å². The second-order valence-electron chi connectivity index (χ2n) is 8.09. The number of furan rings is 1. The number of pyridine rings is 2. The van der Waals surface area contributed by atoms with Crippen LogP contribution < -0.4 is 4.57 Å². The first-order valence-electron chi connectivity index (χ1n) is 10.8. The summed E-state index contributed by atoms with van der Waals surface area (Å²) >= 11 is 0. The number of aromatic nitrogens is 2. The lowest BCUT2D eigenvalue weighted by molar-refractivity contribution is -0.660. The van der Waals surface area contributed by atoms with Crippen LogP contribution in [0.1, 0.15) is 56.2 Å². The molecule has 5 rings (SSSR count). The largest absolute Gasteiger partial charge is 0.437 e. The molecule has 3 heterocycles. The van der Waals surface area contributed by atoms with Crippen molar-refractivity contribution in [2.75, 3.05) is 0 Å². The molecule has 0 unspecified atom stereocenters. The van der Waals surface area contributed by atoms with Crippen molar-refractivity contribution in [1.29, 1.82) is 0 Å². The third-order valence-electron chi connectivity index (χ3n) is 6.11. The minimum Gasteiger partial charge on any atom is -0.437 e. The average Bonchev–Trinajstić information content (AvgIpc) is 3.06. The standard InChI is InChI=1S/C25H27N2O/c1-16-11-13-20-21-14-12-17(2)26-25(21)28-24(20)22(16)23-19(10-7-15-27(23)3)18-8-5-4-6-9-18/h7,10-15,18H,4-6,8-9H2,1-3H3/q+1/i18D. The molecule has 0 aliphatic heterocycles. The quantitative estimate of drug-likeness (QED) is 0.396. The van der Waals surface area contributed by atoms with Gasteiger partial charge in [-0.05, 0) is 56.3 Å². The van der Waals surface area contributed by atoms with Gasteiger partial charge < -0.3 is 4.42 Å². The summed E-state index contributed by atoms with van der Waals surface area (Å²) in [5.74, 6) is -0.540. The zero-order chi connectivity index (χ0) is 20.2. The Bertz CT molecular complexity index is 1230. The maximum atomic E-state index is 9.31. The van der Waals surface area contributed by atoms with Gasteiger partial charge in [-0.2, -0.15) is 0 Å². The fourth-order valence-corrected chi connectivity index (χ4v) is 4.66. The van der Waals surface area contributed by atoms with E-state index in [2.05, 4.69) is 60.1 Å². The van der Waals surface area contributed by atoms with E-state index in [0.29, 0.717) is 5.71 Å². The van der Waals surface area contributed by atoms with Gasteiger partial charge in [0.15, 0.2) is 11.8 Å². The van der Waals surface area contributed by atoms with Crippen molar-refractivity contribution in [3.05, 3.63) is 59.4 Å². The Morgan fingerprint density at radius 1 is 1.04 bits per heavy atom. The van der Waals surface area contributed by atoms with Crippen LogP contribution >= 0.6 is 0 Å². The Morgan fingerprint density at radius 2 is 1.82 bits per heavy atom. The Kier molecular flexibility index (Phi) is 3.92. The summed E-state index contributed by atoms with van der Waals surface area (Å²) in [6, 6.07) is 12.7. The van der Waals surface area contributed by atoms with E-state index in [1.807, 2.05) is 13.0 Å². The lowest BCUT2D eigenvalue weighted by Crippen LogP contribution is -2.32. The van der Waals surface area contributed by atoms with Gasteiger partial charge in [-0.15, -0.1) is 0 Å². The molecule has 1 aliphatic carbocycles. The van der Waals surface area contributed by atoms with Crippen LogP contribution in [0.15, 0.2) is 47.0 Å². The maximum absolute atomic E-state index is 9.31. The van der Waals surface area contributed by atoms with Crippen LogP contribution in [0.2, 0.25) is 0 Å². The molecule has 1 aromatic carbocycles. The molecule has 3 nitrogen and oxygen atoms in total. The Labute approximate surface area is 167 Å². The molecule has 3 heteroatoms. The molecule has 0 atom stereocenters. The summed E-state index contributed by atoms with van der Waals surface area (Å²) in [6.07, 6.45) is 7.39. The molecule has 0 spiro atoms. The first-order valence-corrected chi connectivity index (χ1v) is 10.3. The molecule has 0 saturated heterocycles. The van der Waals surface area contributed by atoms with Crippen LogP contribution in [0.3, 0.4) is 0 Å². The third-order valence-corrected chi connectivity index (χ3v) is 6.11. The van der Waals surface area contributed by atoms with E-state index in [0.717, 1.165) is 70.1 Å². The average molecular weight is 373 g/mol. The first-order chi connectivity index (χ1) is 14.0. The van der Waals surface area contributed by atoms with Gasteiger partial charge in [0.2, 0.25) is 11.4 Å². The minimum atomic E-state index is -0.540. The molecule has 28 heavy (non-hydrogen) atoms. The zero-order valence-electron chi connectivity index (χ0n) is 17.9. The van der Waals surface area contributed by atoms with E-state index < -0.39 is 5.89 Å². The molecule has 142 valence electrons. The second-order valence-corrected chi connectivity index (χ2v) is 8.09. The fourth-order valence-electron chi connectivity index (χ4n) is 4.66. The van der Waals surface area contributed by atoms with Crippen molar-refractivity contribution in [2.45, 2.75) is 51.8 Å². The van der Waals surface area contributed by atoms with E-state index in [9.17, 15) is 1.37 Å². The molecule has 0 amide bonds. The number of aryl methyl sites for hydroxylation is 3. The Hall–Kier alpha value is -2.68. The predicted molar refractivity (Wildman–Crippen MR) is 113 cm³/mol. The van der Waals surface area contributed by atoms with Gasteiger partial charge in [-0.25, -0.2) is 9.55 Å². The number of hydrogen-bond acceptors (Lipinski definition) is 2. The zero-order valence-corrected chi connectivity index (χ0v) is 16.9. The van der Waals surface area contributed by atoms with Crippen molar-refractivity contribution >= 4 is 22.1 Å². The summed E-state index contributed by atoms with van der Waals surface area (Å²) in [4.78, 5) is 4.62. The van der Waals surface area contributed by atoms with Gasteiger partial charge in [-0.3, -0.25) is 0 Å². The molecule has 0 bridgehead atoms. The summed E-state index contributed by atoms with van der Waals surface area (Å²) < 4.78 is 17.8. The normalized spacial score (nSPS) is 17.2.